The number of nitrogens with zero attached hydrogens (tertiary/aromatic N) is 3. The molecule has 0 radical (unpaired) electrons. The second kappa shape index (κ2) is 9.25. The predicted molar refractivity (Wildman–Crippen MR) is 119 cm³/mol. The van der Waals surface area contributed by atoms with Crippen LogP contribution in [-0.4, -0.2) is 47.3 Å². The molecule has 2 heterocycles. The van der Waals surface area contributed by atoms with Crippen molar-refractivity contribution in [3.63, 3.8) is 0 Å². The normalized spacial score (nSPS) is 19.1. The highest BCUT2D eigenvalue weighted by molar-refractivity contribution is 7.89. The van der Waals surface area contributed by atoms with Crippen LogP contribution in [0.1, 0.15) is 27.4 Å². The van der Waals surface area contributed by atoms with Crippen LogP contribution in [0.2, 0.25) is 5.02 Å². The zero-order valence-corrected chi connectivity index (χ0v) is 19.7. The number of rotatable bonds is 5. The van der Waals surface area contributed by atoms with Crippen LogP contribution in [0.4, 0.5) is 17.6 Å². The van der Waals surface area contributed by atoms with Crippen LogP contribution in [0.15, 0.2) is 60.0 Å². The third-order valence-corrected chi connectivity index (χ3v) is 7.86. The molecule has 0 aliphatic carbocycles. The van der Waals surface area contributed by atoms with Gasteiger partial charge in [-0.15, -0.1) is 0 Å². The van der Waals surface area contributed by atoms with Crippen molar-refractivity contribution in [3.8, 4) is 0 Å². The topological polar surface area (TPSA) is 84.3 Å². The van der Waals surface area contributed by atoms with Gasteiger partial charge in [-0.05, 0) is 29.8 Å². The number of nitrogens with one attached hydrogen (secondary N) is 1. The Hall–Kier alpha value is -2.96. The number of carbonyl (C=O) groups is 1. The minimum atomic E-state index is -4.76. The molecule has 1 saturated heterocycles. The second-order valence-corrected chi connectivity index (χ2v) is 10.4. The van der Waals surface area contributed by atoms with Crippen LogP contribution < -0.4 is 5.32 Å². The van der Waals surface area contributed by atoms with Gasteiger partial charge in [-0.25, -0.2) is 17.8 Å². The Morgan fingerprint density at radius 1 is 1.14 bits per heavy atom. The number of sulfonamides is 1. The van der Waals surface area contributed by atoms with Crippen molar-refractivity contribution < 1.29 is 30.8 Å². The van der Waals surface area contributed by atoms with Gasteiger partial charge in [0.1, 0.15) is 5.82 Å². The maximum atomic E-state index is 13.5. The number of carbonyl (C=O) groups excluding carboxylic acids is 1. The second-order valence-electron chi connectivity index (χ2n) is 8.10. The molecule has 1 N–H and O–H groups in total. The maximum Gasteiger partial charge on any atom is 0.417 e. The van der Waals surface area contributed by atoms with Gasteiger partial charge in [0.05, 0.1) is 28.5 Å². The summed E-state index contributed by atoms with van der Waals surface area (Å²) in [6.45, 7) is -0.241. The van der Waals surface area contributed by atoms with Gasteiger partial charge in [-0.3, -0.25) is 4.79 Å². The Balaban J connectivity index is 1.66. The Bertz CT molecular complexity index is 1360. The molecule has 3 aromatic rings. The number of amides is 1. The number of imidazole rings is 1. The Labute approximate surface area is 203 Å². The lowest BCUT2D eigenvalue weighted by atomic mass is 9.94. The molecule has 1 aliphatic heterocycles. The van der Waals surface area contributed by atoms with E-state index in [1.54, 1.807) is 7.05 Å². The minimum Gasteiger partial charge on any atom is -0.347 e. The Kier molecular flexibility index (Phi) is 6.64. The monoisotopic (exact) mass is 530 g/mol. The van der Waals surface area contributed by atoms with Crippen molar-refractivity contribution in [2.45, 2.75) is 23.2 Å². The first kappa shape index (κ1) is 25.1. The highest BCUT2D eigenvalue weighted by Crippen LogP contribution is 2.37. The number of hydrogen-bond donors (Lipinski definition) is 1. The summed E-state index contributed by atoms with van der Waals surface area (Å²) < 4.78 is 82.0. The first-order valence-corrected chi connectivity index (χ1v) is 12.1. The Morgan fingerprint density at radius 2 is 1.83 bits per heavy atom. The molecule has 2 atom stereocenters. The van der Waals surface area contributed by atoms with Crippen LogP contribution in [-0.2, 0) is 23.2 Å². The molecule has 4 rings (SSSR count). The highest BCUT2D eigenvalue weighted by atomic mass is 35.5. The van der Waals surface area contributed by atoms with Gasteiger partial charge in [0.25, 0.3) is 15.9 Å². The lowest BCUT2D eigenvalue weighted by Crippen LogP contribution is -2.40. The fourth-order valence-corrected chi connectivity index (χ4v) is 5.76. The minimum absolute atomic E-state index is 0.0637. The molecule has 0 bridgehead atoms. The van der Waals surface area contributed by atoms with Crippen molar-refractivity contribution in [2.24, 2.45) is 7.05 Å². The largest absolute Gasteiger partial charge is 0.417 e. The van der Waals surface area contributed by atoms with Gasteiger partial charge in [-0.2, -0.15) is 17.5 Å². The highest BCUT2D eigenvalue weighted by Gasteiger charge is 2.42. The summed E-state index contributed by atoms with van der Waals surface area (Å²) in [6, 6.07) is 7.47. The summed E-state index contributed by atoms with van der Waals surface area (Å²) in [5, 5.41) is 1.67. The van der Waals surface area contributed by atoms with E-state index in [1.807, 2.05) is 0 Å². The molecular formula is C22H19ClF4N4O3S. The summed E-state index contributed by atoms with van der Waals surface area (Å²) >= 11 is 5.89. The Morgan fingerprint density at radius 3 is 2.43 bits per heavy atom. The van der Waals surface area contributed by atoms with Crippen molar-refractivity contribution >= 4 is 27.5 Å². The van der Waals surface area contributed by atoms with Gasteiger partial charge in [-0.1, -0.05) is 29.8 Å². The van der Waals surface area contributed by atoms with E-state index in [2.05, 4.69) is 10.3 Å². The van der Waals surface area contributed by atoms with Gasteiger partial charge >= 0.3 is 6.18 Å². The van der Waals surface area contributed by atoms with Crippen LogP contribution >= 0.6 is 11.6 Å². The van der Waals surface area contributed by atoms with E-state index < -0.39 is 56.0 Å². The van der Waals surface area contributed by atoms with Crippen molar-refractivity contribution in [1.29, 1.82) is 0 Å². The molecular weight excluding hydrogens is 512 g/mol. The van der Waals surface area contributed by atoms with E-state index in [0.29, 0.717) is 5.56 Å². The maximum absolute atomic E-state index is 13.5. The molecule has 2 unspecified atom stereocenters. The lowest BCUT2D eigenvalue weighted by molar-refractivity contribution is -0.137. The summed E-state index contributed by atoms with van der Waals surface area (Å²) in [5.41, 5.74) is -1.01. The van der Waals surface area contributed by atoms with Crippen molar-refractivity contribution in [2.75, 3.05) is 13.1 Å². The van der Waals surface area contributed by atoms with Gasteiger partial charge < -0.3 is 9.88 Å². The zero-order chi connectivity index (χ0) is 25.5. The van der Waals surface area contributed by atoms with Gasteiger partial charge in [0.2, 0.25) is 0 Å². The van der Waals surface area contributed by atoms with E-state index in [0.717, 1.165) is 22.5 Å². The molecule has 1 amide bonds. The molecule has 1 aromatic heterocycles. The number of alkyl halides is 3. The lowest BCUT2D eigenvalue weighted by Gasteiger charge is -2.21. The van der Waals surface area contributed by atoms with Crippen LogP contribution in [0.3, 0.4) is 0 Å². The molecule has 186 valence electrons. The summed E-state index contributed by atoms with van der Waals surface area (Å²) in [5.74, 6) is -2.00. The quantitative estimate of drug-likeness (QED) is 0.508. The van der Waals surface area contributed by atoms with E-state index in [1.165, 1.54) is 41.4 Å². The number of halogens is 5. The summed E-state index contributed by atoms with van der Waals surface area (Å²) in [4.78, 5) is 16.8. The molecule has 1 aliphatic rings. The first-order valence-electron chi connectivity index (χ1n) is 10.3. The van der Waals surface area contributed by atoms with Crippen LogP contribution in [0.25, 0.3) is 0 Å². The first-order chi connectivity index (χ1) is 16.4. The van der Waals surface area contributed by atoms with Gasteiger partial charge in [0, 0.05) is 32.3 Å². The molecule has 13 heteroatoms. The van der Waals surface area contributed by atoms with E-state index in [-0.39, 0.29) is 18.1 Å². The fraction of sp³-hybridized carbons (Fsp3) is 0.273. The number of hydrogen-bond acceptors (Lipinski definition) is 4. The number of aryl methyl sites for hydroxylation is 1. The predicted octanol–water partition coefficient (Wildman–Crippen LogP) is 3.82. The molecule has 1 fully saturated rings. The summed E-state index contributed by atoms with van der Waals surface area (Å²) in [7, 11) is -2.42. The fourth-order valence-electron chi connectivity index (χ4n) is 3.98. The average Bonchev–Trinajstić information content (AvgIpc) is 3.41. The SMILES string of the molecule is Cn1cnc(S(=O)(=O)N2CC(NC(=O)c3cccc(C(F)(F)F)c3Cl)C(c3ccc(F)cc3)C2)c1. The third kappa shape index (κ3) is 5.04. The standard InChI is InChI=1S/C22H19ClF4N4O3S/c1-30-11-19(28-12-30)35(33,34)31-9-16(13-5-7-14(24)8-6-13)18(10-31)29-21(32)15-3-2-4-17(20(15)23)22(25,26)27/h2-8,11-12,16,18H,9-10H2,1H3,(H,29,32). The van der Waals surface area contributed by atoms with Crippen molar-refractivity contribution in [3.05, 3.63) is 82.5 Å². The third-order valence-electron chi connectivity index (χ3n) is 5.74. The van der Waals surface area contributed by atoms with E-state index in [4.69, 9.17) is 11.6 Å². The average molecular weight is 531 g/mol. The van der Waals surface area contributed by atoms with E-state index in [9.17, 15) is 30.8 Å². The molecule has 0 saturated carbocycles. The molecule has 2 aromatic carbocycles. The van der Waals surface area contributed by atoms with Crippen molar-refractivity contribution in [1.82, 2.24) is 19.2 Å². The van der Waals surface area contributed by atoms with Crippen LogP contribution in [0, 0.1) is 5.82 Å². The van der Waals surface area contributed by atoms with Gasteiger partial charge in [0.15, 0.2) is 5.03 Å². The zero-order valence-electron chi connectivity index (χ0n) is 18.1. The van der Waals surface area contributed by atoms with E-state index >= 15 is 0 Å². The summed E-state index contributed by atoms with van der Waals surface area (Å²) in [6.07, 6.45) is -2.10. The molecule has 35 heavy (non-hydrogen) atoms. The number of benzene rings is 2. The smallest absolute Gasteiger partial charge is 0.347 e. The number of aromatic nitrogens is 2. The molecule has 7 nitrogen and oxygen atoms in total. The van der Waals surface area contributed by atoms with Crippen LogP contribution in [0.5, 0.6) is 0 Å². The molecule has 0 spiro atoms.